The van der Waals surface area contributed by atoms with Gasteiger partial charge in [0.15, 0.2) is 0 Å². The normalized spacial score (nSPS) is 13.4. The van der Waals surface area contributed by atoms with Gasteiger partial charge in [-0.1, -0.05) is 6.08 Å². The van der Waals surface area contributed by atoms with E-state index in [0.29, 0.717) is 0 Å². The molecule has 0 aromatic rings. The van der Waals surface area contributed by atoms with E-state index in [2.05, 4.69) is 4.74 Å². The second kappa shape index (κ2) is 5.11. The number of hydrogen-bond acceptors (Lipinski definition) is 3. The van der Waals surface area contributed by atoms with Gasteiger partial charge in [0.05, 0.1) is 7.11 Å². The summed E-state index contributed by atoms with van der Waals surface area (Å²) in [7, 11) is 0.765. The number of carboxylic acid groups (broad SMARTS) is 1. The van der Waals surface area contributed by atoms with Gasteiger partial charge in [-0.15, -0.1) is 0 Å². The third-order valence-electron chi connectivity index (χ3n) is 1.61. The van der Waals surface area contributed by atoms with Crippen LogP contribution in [0.1, 0.15) is 6.42 Å². The number of ether oxygens (including phenoxy) is 1. The maximum atomic E-state index is 12.4. The molecule has 0 aliphatic heterocycles. The summed E-state index contributed by atoms with van der Waals surface area (Å²) in [5.41, 5.74) is -1.28. The van der Waals surface area contributed by atoms with Gasteiger partial charge in [0.1, 0.15) is 5.57 Å². The Labute approximate surface area is 91.7 Å². The van der Waals surface area contributed by atoms with Crippen LogP contribution in [-0.2, 0) is 14.3 Å². The van der Waals surface area contributed by atoms with Crippen molar-refractivity contribution in [2.24, 2.45) is 0 Å². The molecule has 4 nitrogen and oxygen atoms in total. The highest BCUT2D eigenvalue weighted by atomic mass is 19.4. The number of carboxylic acids is 1. The van der Waals surface area contributed by atoms with Crippen molar-refractivity contribution in [3.63, 3.8) is 0 Å². The van der Waals surface area contributed by atoms with E-state index in [4.69, 9.17) is 5.11 Å². The van der Waals surface area contributed by atoms with E-state index < -0.39 is 36.0 Å². The molecular formula is C8H7F5O4. The van der Waals surface area contributed by atoms with Crippen molar-refractivity contribution in [3.05, 3.63) is 11.6 Å². The van der Waals surface area contributed by atoms with Gasteiger partial charge >= 0.3 is 24.0 Å². The van der Waals surface area contributed by atoms with Crippen molar-refractivity contribution in [1.82, 2.24) is 0 Å². The molecule has 0 fully saturated rings. The molecule has 17 heavy (non-hydrogen) atoms. The molecule has 0 atom stereocenters. The van der Waals surface area contributed by atoms with Crippen LogP contribution in [0.4, 0.5) is 22.0 Å². The fraction of sp³-hybridized carbons (Fsp3) is 0.500. The molecule has 0 aromatic carbocycles. The largest absolute Gasteiger partial charge is 0.477 e. The number of allylic oxidation sites excluding steroid dienone is 1. The summed E-state index contributed by atoms with van der Waals surface area (Å²) in [4.78, 5) is 21.1. The highest BCUT2D eigenvalue weighted by molar-refractivity contribution is 6.13. The minimum Gasteiger partial charge on any atom is -0.477 e. The number of alkyl halides is 5. The van der Waals surface area contributed by atoms with Crippen molar-refractivity contribution in [1.29, 1.82) is 0 Å². The van der Waals surface area contributed by atoms with Gasteiger partial charge in [-0.05, 0) is 0 Å². The molecule has 0 radical (unpaired) electrons. The Hall–Kier alpha value is -1.67. The lowest BCUT2D eigenvalue weighted by atomic mass is 10.1. The molecule has 0 heterocycles. The van der Waals surface area contributed by atoms with Crippen LogP contribution in [0, 0.1) is 0 Å². The number of hydrogen-bond donors (Lipinski definition) is 1. The molecule has 0 aliphatic carbocycles. The lowest BCUT2D eigenvalue weighted by molar-refractivity contribution is -0.280. The van der Waals surface area contributed by atoms with Crippen LogP contribution in [0.25, 0.3) is 0 Å². The van der Waals surface area contributed by atoms with E-state index >= 15 is 0 Å². The summed E-state index contributed by atoms with van der Waals surface area (Å²) in [6.07, 6.45) is -7.79. The summed E-state index contributed by atoms with van der Waals surface area (Å²) in [6.45, 7) is 0. The zero-order chi connectivity index (χ0) is 13.9. The Morgan fingerprint density at radius 3 is 2.00 bits per heavy atom. The van der Waals surface area contributed by atoms with Gasteiger partial charge in [0, 0.05) is 6.42 Å². The molecule has 0 bridgehead atoms. The molecule has 0 saturated heterocycles. The first-order valence-electron chi connectivity index (χ1n) is 3.99. The van der Waals surface area contributed by atoms with E-state index in [1.54, 1.807) is 0 Å². The first-order valence-corrected chi connectivity index (χ1v) is 3.99. The molecule has 0 amide bonds. The van der Waals surface area contributed by atoms with Gasteiger partial charge in [-0.2, -0.15) is 22.0 Å². The molecule has 0 rings (SSSR count). The molecule has 0 aromatic heterocycles. The quantitative estimate of drug-likeness (QED) is 0.275. The van der Waals surface area contributed by atoms with Gasteiger partial charge in [-0.25, -0.2) is 9.59 Å². The third-order valence-corrected chi connectivity index (χ3v) is 1.61. The van der Waals surface area contributed by atoms with Crippen LogP contribution in [-0.4, -0.2) is 36.3 Å². The topological polar surface area (TPSA) is 63.6 Å². The zero-order valence-corrected chi connectivity index (χ0v) is 8.35. The van der Waals surface area contributed by atoms with Crippen LogP contribution in [0.5, 0.6) is 0 Å². The Bertz CT molecular complexity index is 344. The number of methoxy groups -OCH3 is 1. The molecular weight excluding hydrogens is 255 g/mol. The maximum absolute atomic E-state index is 12.4. The molecule has 0 unspecified atom stereocenters. The number of halogens is 5. The summed E-state index contributed by atoms with van der Waals surface area (Å²) in [5, 5.41) is 8.38. The molecule has 0 aliphatic rings. The maximum Gasteiger partial charge on any atom is 0.453 e. The third kappa shape index (κ3) is 4.00. The minimum absolute atomic E-state index is 0.0261. The van der Waals surface area contributed by atoms with Crippen LogP contribution >= 0.6 is 0 Å². The Kier molecular flexibility index (Phi) is 4.60. The first kappa shape index (κ1) is 15.3. The number of esters is 1. The summed E-state index contributed by atoms with van der Waals surface area (Å²) >= 11 is 0. The van der Waals surface area contributed by atoms with Gasteiger partial charge in [0.25, 0.3) is 0 Å². The Morgan fingerprint density at radius 2 is 1.71 bits per heavy atom. The second-order valence-corrected chi connectivity index (χ2v) is 2.82. The van der Waals surface area contributed by atoms with Gasteiger partial charge in [-0.3, -0.25) is 0 Å². The minimum atomic E-state index is -5.82. The van der Waals surface area contributed by atoms with Gasteiger partial charge in [0.2, 0.25) is 0 Å². The van der Waals surface area contributed by atoms with E-state index in [-0.39, 0.29) is 6.08 Å². The SMILES string of the molecule is COC(=O)C(=CCC(F)(F)C(F)(F)F)C(=O)O. The van der Waals surface area contributed by atoms with Crippen molar-refractivity contribution in [2.45, 2.75) is 18.5 Å². The molecule has 9 heteroatoms. The van der Waals surface area contributed by atoms with Crippen LogP contribution in [0.2, 0.25) is 0 Å². The lowest BCUT2D eigenvalue weighted by Gasteiger charge is -2.17. The van der Waals surface area contributed by atoms with Crippen LogP contribution in [0.15, 0.2) is 11.6 Å². The fourth-order valence-electron chi connectivity index (χ4n) is 0.714. The van der Waals surface area contributed by atoms with E-state index in [1.807, 2.05) is 0 Å². The molecule has 98 valence electrons. The highest BCUT2D eigenvalue weighted by Gasteiger charge is 2.56. The standard InChI is InChI=1S/C8H7F5O4/c1-17-6(16)4(5(14)15)2-3-7(9,10)8(11,12)13/h2H,3H2,1H3,(H,14,15). The number of rotatable bonds is 4. The molecule has 0 saturated carbocycles. The predicted octanol–water partition coefficient (Wildman–Crippen LogP) is 1.76. The van der Waals surface area contributed by atoms with E-state index in [9.17, 15) is 31.5 Å². The molecule has 1 N–H and O–H groups in total. The number of carbonyl (C=O) groups is 2. The number of aliphatic carboxylic acids is 1. The lowest BCUT2D eigenvalue weighted by Crippen LogP contribution is -2.36. The van der Waals surface area contributed by atoms with Crippen LogP contribution < -0.4 is 0 Å². The van der Waals surface area contributed by atoms with Crippen molar-refractivity contribution >= 4 is 11.9 Å². The highest BCUT2D eigenvalue weighted by Crippen LogP contribution is 2.38. The smallest absolute Gasteiger partial charge is 0.453 e. The van der Waals surface area contributed by atoms with Crippen molar-refractivity contribution < 1.29 is 41.4 Å². The fourth-order valence-corrected chi connectivity index (χ4v) is 0.714. The summed E-state index contributed by atoms with van der Waals surface area (Å²) in [6, 6.07) is 0. The Balaban J connectivity index is 5.02. The predicted molar refractivity (Wildman–Crippen MR) is 43.4 cm³/mol. The van der Waals surface area contributed by atoms with Crippen molar-refractivity contribution in [2.75, 3.05) is 7.11 Å². The molecule has 0 spiro atoms. The van der Waals surface area contributed by atoms with Crippen molar-refractivity contribution in [3.8, 4) is 0 Å². The van der Waals surface area contributed by atoms with Gasteiger partial charge < -0.3 is 9.84 Å². The van der Waals surface area contributed by atoms with Crippen LogP contribution in [0.3, 0.4) is 0 Å². The number of carbonyl (C=O) groups excluding carboxylic acids is 1. The average molecular weight is 262 g/mol. The van der Waals surface area contributed by atoms with E-state index in [1.165, 1.54) is 0 Å². The second-order valence-electron chi connectivity index (χ2n) is 2.82. The summed E-state index contributed by atoms with van der Waals surface area (Å²) < 4.78 is 63.9. The Morgan fingerprint density at radius 1 is 1.24 bits per heavy atom. The van der Waals surface area contributed by atoms with E-state index in [0.717, 1.165) is 7.11 Å². The zero-order valence-electron chi connectivity index (χ0n) is 8.35. The first-order chi connectivity index (χ1) is 7.53. The monoisotopic (exact) mass is 262 g/mol. The average Bonchev–Trinajstić information content (AvgIpc) is 2.15. The summed E-state index contributed by atoms with van der Waals surface area (Å²) in [5.74, 6) is -8.56.